The summed E-state index contributed by atoms with van der Waals surface area (Å²) in [5.41, 5.74) is 3.99. The number of benzene rings is 1. The lowest BCUT2D eigenvalue weighted by atomic mass is 9.99. The van der Waals surface area contributed by atoms with Gasteiger partial charge in [-0.05, 0) is 72.2 Å². The minimum Gasteiger partial charge on any atom is -0.341 e. The van der Waals surface area contributed by atoms with Gasteiger partial charge in [-0.3, -0.25) is 4.79 Å². The third kappa shape index (κ3) is 3.64. The first kappa shape index (κ1) is 18.0. The third-order valence-corrected chi connectivity index (χ3v) is 6.04. The van der Waals surface area contributed by atoms with Gasteiger partial charge in [0.25, 0.3) is 0 Å². The average Bonchev–Trinajstić information content (AvgIpc) is 3.47. The second-order valence-corrected chi connectivity index (χ2v) is 7.85. The Morgan fingerprint density at radius 1 is 1.10 bits per heavy atom. The van der Waals surface area contributed by atoms with Gasteiger partial charge in [-0.15, -0.1) is 5.10 Å². The van der Waals surface area contributed by atoms with Crippen molar-refractivity contribution in [3.05, 3.63) is 47.8 Å². The van der Waals surface area contributed by atoms with Crippen molar-refractivity contribution in [2.45, 2.75) is 51.0 Å². The number of fused-ring (bicyclic) bond motifs is 1. The van der Waals surface area contributed by atoms with E-state index in [1.807, 2.05) is 9.58 Å². The van der Waals surface area contributed by atoms with Crippen LogP contribution in [-0.4, -0.2) is 58.9 Å². The Labute approximate surface area is 168 Å². The van der Waals surface area contributed by atoms with Crippen LogP contribution >= 0.6 is 0 Å². The summed E-state index contributed by atoms with van der Waals surface area (Å²) in [5.74, 6) is 1.34. The summed E-state index contributed by atoms with van der Waals surface area (Å²) in [6.07, 6.45) is 9.50. The molecule has 5 rings (SSSR count). The Balaban J connectivity index is 1.30. The molecule has 0 saturated carbocycles. The van der Waals surface area contributed by atoms with Crippen molar-refractivity contribution in [2.75, 3.05) is 13.1 Å². The molecule has 9 nitrogen and oxygen atoms in total. The summed E-state index contributed by atoms with van der Waals surface area (Å²) < 4.78 is 3.46. The van der Waals surface area contributed by atoms with E-state index in [1.54, 1.807) is 6.33 Å². The molecule has 150 valence electrons. The number of nitrogens with zero attached hydrogens (tertiary/aromatic N) is 8. The van der Waals surface area contributed by atoms with Gasteiger partial charge in [0.05, 0.1) is 5.69 Å². The summed E-state index contributed by atoms with van der Waals surface area (Å²) >= 11 is 0. The van der Waals surface area contributed by atoms with Gasteiger partial charge >= 0.3 is 0 Å². The predicted octanol–water partition coefficient (Wildman–Crippen LogP) is 1.54. The first-order chi connectivity index (χ1) is 14.3. The minimum absolute atomic E-state index is 0.0537. The van der Waals surface area contributed by atoms with Gasteiger partial charge in [-0.1, -0.05) is 6.07 Å². The molecule has 1 unspecified atom stereocenters. The molecule has 0 bridgehead atoms. The smallest absolute Gasteiger partial charge is 0.244 e. The van der Waals surface area contributed by atoms with Crippen LogP contribution in [0.3, 0.4) is 0 Å². The summed E-state index contributed by atoms with van der Waals surface area (Å²) in [5, 5.41) is 15.5. The van der Waals surface area contributed by atoms with Gasteiger partial charge in [-0.2, -0.15) is 5.10 Å². The number of rotatable bonds is 4. The number of likely N-dealkylation sites (tertiary alicyclic amines) is 1. The Bertz CT molecular complexity index is 996. The SMILES string of the molecule is O=C(Cn1cnnn1)N1CCCC(c2ncnn2-c2ccc3c(c2)CCC3)CC1. The lowest BCUT2D eigenvalue weighted by Crippen LogP contribution is -2.34. The molecule has 1 fully saturated rings. The summed E-state index contributed by atoms with van der Waals surface area (Å²) in [6.45, 7) is 1.65. The minimum atomic E-state index is 0.0537. The molecule has 1 aliphatic carbocycles. The van der Waals surface area contributed by atoms with Crippen LogP contribution in [0.4, 0.5) is 0 Å². The number of carbonyl (C=O) groups is 1. The van der Waals surface area contributed by atoms with Gasteiger partial charge in [0, 0.05) is 19.0 Å². The van der Waals surface area contributed by atoms with Crippen LogP contribution in [0.2, 0.25) is 0 Å². The molecule has 29 heavy (non-hydrogen) atoms. The van der Waals surface area contributed by atoms with E-state index >= 15 is 0 Å². The van der Waals surface area contributed by atoms with Crippen molar-refractivity contribution in [2.24, 2.45) is 0 Å². The van der Waals surface area contributed by atoms with E-state index in [2.05, 4.69) is 43.8 Å². The Morgan fingerprint density at radius 2 is 2.03 bits per heavy atom. The second-order valence-electron chi connectivity index (χ2n) is 7.85. The molecule has 2 aliphatic rings. The zero-order valence-electron chi connectivity index (χ0n) is 16.3. The van der Waals surface area contributed by atoms with Crippen LogP contribution in [-0.2, 0) is 24.2 Å². The Hall–Kier alpha value is -3.10. The largest absolute Gasteiger partial charge is 0.341 e. The normalized spacial score (nSPS) is 19.2. The first-order valence-corrected chi connectivity index (χ1v) is 10.3. The quantitative estimate of drug-likeness (QED) is 0.668. The predicted molar refractivity (Wildman–Crippen MR) is 104 cm³/mol. The maximum absolute atomic E-state index is 12.6. The highest BCUT2D eigenvalue weighted by molar-refractivity contribution is 5.75. The fourth-order valence-corrected chi connectivity index (χ4v) is 4.51. The van der Waals surface area contributed by atoms with Gasteiger partial charge in [0.1, 0.15) is 25.0 Å². The van der Waals surface area contributed by atoms with Crippen LogP contribution < -0.4 is 0 Å². The Morgan fingerprint density at radius 3 is 2.93 bits per heavy atom. The number of carbonyl (C=O) groups excluding carboxylic acids is 1. The first-order valence-electron chi connectivity index (χ1n) is 10.3. The average molecular weight is 392 g/mol. The highest BCUT2D eigenvalue weighted by atomic mass is 16.2. The molecule has 1 saturated heterocycles. The fraction of sp³-hybridized carbons (Fsp3) is 0.500. The molecule has 1 aromatic carbocycles. The number of tetrazole rings is 1. The van der Waals surface area contributed by atoms with E-state index in [0.717, 1.165) is 43.7 Å². The van der Waals surface area contributed by atoms with Gasteiger partial charge in [-0.25, -0.2) is 14.3 Å². The lowest BCUT2D eigenvalue weighted by molar-refractivity contribution is -0.132. The van der Waals surface area contributed by atoms with Crippen LogP contribution in [0.15, 0.2) is 30.9 Å². The molecular weight excluding hydrogens is 368 g/mol. The second kappa shape index (κ2) is 7.73. The van der Waals surface area contributed by atoms with Crippen LogP contribution in [0.1, 0.15) is 48.6 Å². The number of aryl methyl sites for hydroxylation is 2. The molecule has 1 aliphatic heterocycles. The lowest BCUT2D eigenvalue weighted by Gasteiger charge is -2.20. The van der Waals surface area contributed by atoms with E-state index < -0.39 is 0 Å². The van der Waals surface area contributed by atoms with Crippen LogP contribution in [0, 0.1) is 0 Å². The summed E-state index contributed by atoms with van der Waals surface area (Å²) in [4.78, 5) is 19.1. The molecule has 0 spiro atoms. The van der Waals surface area contributed by atoms with E-state index in [0.29, 0.717) is 6.54 Å². The molecule has 1 amide bonds. The van der Waals surface area contributed by atoms with Gasteiger partial charge in [0.15, 0.2) is 0 Å². The van der Waals surface area contributed by atoms with Crippen molar-refractivity contribution in [3.63, 3.8) is 0 Å². The molecule has 1 atom stereocenters. The molecule has 0 radical (unpaired) electrons. The monoisotopic (exact) mass is 392 g/mol. The van der Waals surface area contributed by atoms with Crippen LogP contribution in [0.5, 0.6) is 0 Å². The maximum Gasteiger partial charge on any atom is 0.244 e. The molecule has 9 heteroatoms. The number of hydrogen-bond acceptors (Lipinski definition) is 6. The molecule has 3 aromatic rings. The number of amides is 1. The molecule has 0 N–H and O–H groups in total. The van der Waals surface area contributed by atoms with Gasteiger partial charge in [0.2, 0.25) is 5.91 Å². The topological polar surface area (TPSA) is 94.6 Å². The number of hydrogen-bond donors (Lipinski definition) is 0. The highest BCUT2D eigenvalue weighted by Gasteiger charge is 2.25. The molecule has 2 aromatic heterocycles. The molecular formula is C20H24N8O. The van der Waals surface area contributed by atoms with Crippen molar-refractivity contribution < 1.29 is 4.79 Å². The van der Waals surface area contributed by atoms with Crippen LogP contribution in [0.25, 0.3) is 5.69 Å². The zero-order valence-corrected chi connectivity index (χ0v) is 16.3. The van der Waals surface area contributed by atoms with Crippen molar-refractivity contribution in [1.82, 2.24) is 39.9 Å². The van der Waals surface area contributed by atoms with E-state index in [1.165, 1.54) is 35.0 Å². The highest BCUT2D eigenvalue weighted by Crippen LogP contribution is 2.30. The zero-order chi connectivity index (χ0) is 19.6. The summed E-state index contributed by atoms with van der Waals surface area (Å²) in [7, 11) is 0. The standard InChI is InChI=1S/C20H24N8O/c29-19(12-27-14-22-24-25-27)26-9-2-5-16(8-10-26)20-21-13-23-28(20)18-7-6-15-3-1-4-17(15)11-18/h6-7,11,13-14,16H,1-5,8-10,12H2. The third-order valence-electron chi connectivity index (χ3n) is 6.04. The van der Waals surface area contributed by atoms with Crippen molar-refractivity contribution in [1.29, 1.82) is 0 Å². The number of aromatic nitrogens is 7. The fourth-order valence-electron chi connectivity index (χ4n) is 4.51. The molecule has 3 heterocycles. The maximum atomic E-state index is 12.6. The Kier molecular flexibility index (Phi) is 4.79. The van der Waals surface area contributed by atoms with Crippen molar-refractivity contribution in [3.8, 4) is 5.69 Å². The van der Waals surface area contributed by atoms with E-state index in [-0.39, 0.29) is 18.4 Å². The van der Waals surface area contributed by atoms with E-state index in [4.69, 9.17) is 0 Å². The summed E-state index contributed by atoms with van der Waals surface area (Å²) in [6, 6.07) is 6.65. The van der Waals surface area contributed by atoms with E-state index in [9.17, 15) is 4.79 Å². The van der Waals surface area contributed by atoms with Crippen molar-refractivity contribution >= 4 is 5.91 Å². The van der Waals surface area contributed by atoms with Gasteiger partial charge < -0.3 is 4.90 Å².